The maximum absolute atomic E-state index is 11.9. The maximum atomic E-state index is 11.9. The Labute approximate surface area is 168 Å². The minimum Gasteiger partial charge on any atom is -0.493 e. The molecule has 0 aliphatic carbocycles. The Bertz CT molecular complexity index is 678. The number of benzene rings is 1. The molecule has 1 fully saturated rings. The van der Waals surface area contributed by atoms with E-state index in [1.54, 1.807) is 14.2 Å². The second kappa shape index (κ2) is 10.8. The number of ether oxygens (including phenoxy) is 3. The molecule has 1 aromatic rings. The Morgan fingerprint density at radius 1 is 1.21 bits per heavy atom. The van der Waals surface area contributed by atoms with Crippen molar-refractivity contribution in [2.45, 2.75) is 26.7 Å². The summed E-state index contributed by atoms with van der Waals surface area (Å²) in [5, 5.41) is 3.34. The number of nitrogens with zero attached hydrogens (tertiary/aromatic N) is 2. The van der Waals surface area contributed by atoms with Crippen molar-refractivity contribution in [2.75, 3.05) is 47.5 Å². The second-order valence-electron chi connectivity index (χ2n) is 7.04. The van der Waals surface area contributed by atoms with Crippen molar-refractivity contribution in [1.29, 1.82) is 0 Å². The molecule has 0 saturated carbocycles. The highest BCUT2D eigenvalue weighted by Gasteiger charge is 2.36. The van der Waals surface area contributed by atoms with Crippen LogP contribution >= 0.6 is 0 Å². The van der Waals surface area contributed by atoms with Gasteiger partial charge in [0, 0.05) is 26.2 Å². The van der Waals surface area contributed by atoms with Gasteiger partial charge in [0.2, 0.25) is 0 Å². The molecule has 2 unspecified atom stereocenters. The Hall–Kier alpha value is -2.44. The van der Waals surface area contributed by atoms with Crippen molar-refractivity contribution in [2.24, 2.45) is 16.8 Å². The molecule has 1 saturated heterocycles. The molecule has 28 heavy (non-hydrogen) atoms. The quantitative estimate of drug-likeness (QED) is 0.317. The zero-order chi connectivity index (χ0) is 20.5. The maximum Gasteiger partial charge on any atom is 0.310 e. The fourth-order valence-electron chi connectivity index (χ4n) is 3.53. The van der Waals surface area contributed by atoms with Crippen LogP contribution in [0.15, 0.2) is 23.2 Å². The summed E-state index contributed by atoms with van der Waals surface area (Å²) in [5.41, 5.74) is 1.19. The first-order valence-electron chi connectivity index (χ1n) is 9.86. The van der Waals surface area contributed by atoms with Gasteiger partial charge in [0.05, 0.1) is 27.2 Å². The molecular weight excluding hydrogens is 358 g/mol. The second-order valence-corrected chi connectivity index (χ2v) is 7.04. The molecule has 0 aromatic heterocycles. The van der Waals surface area contributed by atoms with Gasteiger partial charge >= 0.3 is 5.97 Å². The summed E-state index contributed by atoms with van der Waals surface area (Å²) in [6, 6.07) is 6.00. The summed E-state index contributed by atoms with van der Waals surface area (Å²) < 4.78 is 15.6. The Morgan fingerprint density at radius 2 is 1.96 bits per heavy atom. The summed E-state index contributed by atoms with van der Waals surface area (Å²) >= 11 is 0. The van der Waals surface area contributed by atoms with Gasteiger partial charge in [0.1, 0.15) is 0 Å². The molecule has 1 aromatic carbocycles. The third-order valence-electron chi connectivity index (χ3n) is 5.08. The van der Waals surface area contributed by atoms with Gasteiger partial charge in [-0.05, 0) is 43.4 Å². The van der Waals surface area contributed by atoms with E-state index in [4.69, 9.17) is 19.2 Å². The lowest BCUT2D eigenvalue weighted by Gasteiger charge is -2.21. The van der Waals surface area contributed by atoms with Gasteiger partial charge in [-0.3, -0.25) is 9.79 Å². The molecule has 2 rings (SSSR count). The van der Waals surface area contributed by atoms with Crippen LogP contribution in [-0.4, -0.2) is 64.3 Å². The van der Waals surface area contributed by atoms with Crippen molar-refractivity contribution >= 4 is 11.9 Å². The van der Waals surface area contributed by atoms with Crippen molar-refractivity contribution in [3.63, 3.8) is 0 Å². The molecule has 156 valence electrons. The van der Waals surface area contributed by atoms with Crippen LogP contribution in [0.2, 0.25) is 0 Å². The molecule has 1 aliphatic rings. The van der Waals surface area contributed by atoms with E-state index in [0.29, 0.717) is 13.1 Å². The third-order valence-corrected chi connectivity index (χ3v) is 5.08. The van der Waals surface area contributed by atoms with E-state index in [0.717, 1.165) is 43.4 Å². The van der Waals surface area contributed by atoms with Crippen LogP contribution in [-0.2, 0) is 16.0 Å². The van der Waals surface area contributed by atoms with Gasteiger partial charge in [-0.2, -0.15) is 0 Å². The number of aryl methyl sites for hydroxylation is 1. The van der Waals surface area contributed by atoms with Crippen LogP contribution in [0.1, 0.15) is 25.8 Å². The number of carbonyl (C=O) groups is 1. The summed E-state index contributed by atoms with van der Waals surface area (Å²) in [5.74, 6) is 2.37. The summed E-state index contributed by atoms with van der Waals surface area (Å²) in [4.78, 5) is 18.9. The first kappa shape index (κ1) is 21.9. The number of guanidine groups is 1. The molecule has 1 aliphatic heterocycles. The molecule has 1 N–H and O–H groups in total. The number of aliphatic imine (C=N–C) groups is 1. The van der Waals surface area contributed by atoms with Crippen molar-refractivity contribution in [3.05, 3.63) is 23.8 Å². The molecule has 2 atom stereocenters. The number of likely N-dealkylation sites (tertiary alicyclic amines) is 1. The minimum atomic E-state index is -0.140. The number of nitrogens with one attached hydrogen (secondary N) is 1. The highest BCUT2D eigenvalue weighted by molar-refractivity contribution is 5.82. The van der Waals surface area contributed by atoms with Crippen LogP contribution in [0.3, 0.4) is 0 Å². The zero-order valence-electron chi connectivity index (χ0n) is 17.7. The monoisotopic (exact) mass is 391 g/mol. The molecule has 0 spiro atoms. The molecule has 0 bridgehead atoms. The minimum absolute atomic E-state index is 0.0966. The van der Waals surface area contributed by atoms with Gasteiger partial charge in [-0.1, -0.05) is 13.0 Å². The number of hydrogen-bond acceptors (Lipinski definition) is 5. The van der Waals surface area contributed by atoms with Gasteiger partial charge in [-0.15, -0.1) is 0 Å². The van der Waals surface area contributed by atoms with Crippen molar-refractivity contribution < 1.29 is 19.0 Å². The van der Waals surface area contributed by atoms with E-state index in [9.17, 15) is 4.79 Å². The standard InChI is InChI=1S/C21H33N3O4/c1-6-22-21(24-13-15(2)17(14-24)20(25)28-5)23-11-7-8-16-9-10-18(26-3)19(12-16)27-4/h9-10,12,15,17H,6-8,11,13-14H2,1-5H3,(H,22,23). The molecular formula is C21H33N3O4. The van der Waals surface area contributed by atoms with Gasteiger partial charge in [-0.25, -0.2) is 0 Å². The highest BCUT2D eigenvalue weighted by atomic mass is 16.5. The highest BCUT2D eigenvalue weighted by Crippen LogP contribution is 2.28. The van der Waals surface area contributed by atoms with Crippen LogP contribution in [0.25, 0.3) is 0 Å². The van der Waals surface area contributed by atoms with E-state index >= 15 is 0 Å². The first-order chi connectivity index (χ1) is 13.5. The van der Waals surface area contributed by atoms with Crippen LogP contribution in [0.4, 0.5) is 0 Å². The average Bonchev–Trinajstić information content (AvgIpc) is 3.10. The lowest BCUT2D eigenvalue weighted by Crippen LogP contribution is -2.40. The predicted molar refractivity (Wildman–Crippen MR) is 110 cm³/mol. The SMILES string of the molecule is CCNC(=NCCCc1ccc(OC)c(OC)c1)N1CC(C)C(C(=O)OC)C1. The third kappa shape index (κ3) is 5.53. The molecule has 7 nitrogen and oxygen atoms in total. The van der Waals surface area contributed by atoms with Crippen molar-refractivity contribution in [3.8, 4) is 11.5 Å². The molecule has 7 heteroatoms. The number of rotatable bonds is 8. The Balaban J connectivity index is 1.94. The van der Waals surface area contributed by atoms with E-state index in [-0.39, 0.29) is 17.8 Å². The number of methoxy groups -OCH3 is 3. The van der Waals surface area contributed by atoms with E-state index < -0.39 is 0 Å². The van der Waals surface area contributed by atoms with Crippen LogP contribution < -0.4 is 14.8 Å². The fourth-order valence-corrected chi connectivity index (χ4v) is 3.53. The molecule has 0 radical (unpaired) electrons. The Kier molecular flexibility index (Phi) is 8.42. The normalized spacial score (nSPS) is 19.5. The van der Waals surface area contributed by atoms with E-state index in [1.807, 2.05) is 12.1 Å². The molecule has 0 amide bonds. The number of carbonyl (C=O) groups excluding carboxylic acids is 1. The number of esters is 1. The van der Waals surface area contributed by atoms with Gasteiger partial charge in [0.25, 0.3) is 0 Å². The summed E-state index contributed by atoms with van der Waals surface area (Å²) in [6.07, 6.45) is 1.83. The zero-order valence-corrected chi connectivity index (χ0v) is 17.7. The fraction of sp³-hybridized carbons (Fsp3) is 0.619. The van der Waals surface area contributed by atoms with Crippen LogP contribution in [0, 0.1) is 11.8 Å². The lowest BCUT2D eigenvalue weighted by molar-refractivity contribution is -0.145. The average molecular weight is 392 g/mol. The topological polar surface area (TPSA) is 72.4 Å². The summed E-state index contributed by atoms with van der Waals surface area (Å²) in [7, 11) is 4.73. The number of hydrogen-bond donors (Lipinski definition) is 1. The van der Waals surface area contributed by atoms with E-state index in [1.165, 1.54) is 12.7 Å². The van der Waals surface area contributed by atoms with Crippen molar-refractivity contribution in [1.82, 2.24) is 10.2 Å². The molecule has 1 heterocycles. The van der Waals surface area contributed by atoms with Gasteiger partial charge in [0.15, 0.2) is 17.5 Å². The lowest BCUT2D eigenvalue weighted by atomic mass is 9.99. The van der Waals surface area contributed by atoms with Crippen LogP contribution in [0.5, 0.6) is 11.5 Å². The predicted octanol–water partition coefficient (Wildman–Crippen LogP) is 2.34. The summed E-state index contributed by atoms with van der Waals surface area (Å²) in [6.45, 7) is 7.10. The smallest absolute Gasteiger partial charge is 0.310 e. The van der Waals surface area contributed by atoms with Gasteiger partial charge < -0.3 is 24.4 Å². The Morgan fingerprint density at radius 3 is 2.61 bits per heavy atom. The first-order valence-corrected chi connectivity index (χ1v) is 9.86. The largest absolute Gasteiger partial charge is 0.493 e. The van der Waals surface area contributed by atoms with E-state index in [2.05, 4.69) is 30.1 Å².